The maximum Gasteiger partial charge on any atom is 0.337 e. The summed E-state index contributed by atoms with van der Waals surface area (Å²) in [7, 11) is 0. The molecule has 1 aromatic carbocycles. The number of phenolic OH excluding ortho intramolecular Hbond substituents is 1. The SMILES string of the molecule is O=C(O)c1cnccc1-c1cc(F)ccc1O. The van der Waals surface area contributed by atoms with Gasteiger partial charge in [-0.3, -0.25) is 4.98 Å². The molecule has 0 aliphatic rings. The van der Waals surface area contributed by atoms with Crippen molar-refractivity contribution in [3.63, 3.8) is 0 Å². The Balaban J connectivity index is 2.68. The fraction of sp³-hybridized carbons (Fsp3) is 0. The first-order valence-corrected chi connectivity index (χ1v) is 4.76. The van der Waals surface area contributed by atoms with E-state index in [1.807, 2.05) is 0 Å². The molecule has 0 bridgehead atoms. The third-order valence-electron chi connectivity index (χ3n) is 2.30. The summed E-state index contributed by atoms with van der Waals surface area (Å²) in [5, 5.41) is 18.6. The number of aromatic nitrogens is 1. The predicted molar refractivity (Wildman–Crippen MR) is 58.3 cm³/mol. The zero-order valence-corrected chi connectivity index (χ0v) is 8.59. The molecule has 5 heteroatoms. The van der Waals surface area contributed by atoms with Crippen molar-refractivity contribution in [3.05, 3.63) is 48.0 Å². The van der Waals surface area contributed by atoms with Gasteiger partial charge in [-0.1, -0.05) is 0 Å². The maximum absolute atomic E-state index is 13.1. The second kappa shape index (κ2) is 4.21. The van der Waals surface area contributed by atoms with Crippen molar-refractivity contribution in [1.29, 1.82) is 0 Å². The largest absolute Gasteiger partial charge is 0.507 e. The summed E-state index contributed by atoms with van der Waals surface area (Å²) in [5.41, 5.74) is 0.266. The molecule has 0 fully saturated rings. The third-order valence-corrected chi connectivity index (χ3v) is 2.30. The van der Waals surface area contributed by atoms with Gasteiger partial charge in [-0.2, -0.15) is 0 Å². The highest BCUT2D eigenvalue weighted by Crippen LogP contribution is 2.31. The van der Waals surface area contributed by atoms with E-state index < -0.39 is 11.8 Å². The molecule has 1 heterocycles. The molecule has 0 amide bonds. The van der Waals surface area contributed by atoms with Crippen molar-refractivity contribution in [3.8, 4) is 16.9 Å². The van der Waals surface area contributed by atoms with E-state index in [-0.39, 0.29) is 22.4 Å². The molecular weight excluding hydrogens is 225 g/mol. The molecule has 1 aromatic heterocycles. The van der Waals surface area contributed by atoms with Crippen LogP contribution in [-0.2, 0) is 0 Å². The number of phenols is 1. The van der Waals surface area contributed by atoms with Crippen molar-refractivity contribution >= 4 is 5.97 Å². The van der Waals surface area contributed by atoms with Gasteiger partial charge in [0, 0.05) is 23.5 Å². The smallest absolute Gasteiger partial charge is 0.337 e. The first-order valence-electron chi connectivity index (χ1n) is 4.76. The summed E-state index contributed by atoms with van der Waals surface area (Å²) in [6, 6.07) is 4.77. The number of hydrogen-bond acceptors (Lipinski definition) is 3. The lowest BCUT2D eigenvalue weighted by Gasteiger charge is -2.07. The van der Waals surface area contributed by atoms with Crippen LogP contribution in [-0.4, -0.2) is 21.2 Å². The Bertz CT molecular complexity index is 584. The van der Waals surface area contributed by atoms with Crippen LogP contribution in [0.1, 0.15) is 10.4 Å². The lowest BCUT2D eigenvalue weighted by Crippen LogP contribution is -2.00. The average Bonchev–Trinajstić information content (AvgIpc) is 2.32. The molecule has 0 atom stereocenters. The normalized spacial score (nSPS) is 10.2. The van der Waals surface area contributed by atoms with E-state index in [4.69, 9.17) is 5.11 Å². The van der Waals surface area contributed by atoms with Crippen LogP contribution in [0, 0.1) is 5.82 Å². The van der Waals surface area contributed by atoms with Crippen LogP contribution < -0.4 is 0 Å². The van der Waals surface area contributed by atoms with Crippen molar-refractivity contribution in [2.45, 2.75) is 0 Å². The van der Waals surface area contributed by atoms with E-state index in [2.05, 4.69) is 4.98 Å². The van der Waals surface area contributed by atoms with Crippen LogP contribution in [0.15, 0.2) is 36.7 Å². The molecule has 0 aliphatic carbocycles. The molecule has 86 valence electrons. The molecule has 0 saturated heterocycles. The summed E-state index contributed by atoms with van der Waals surface area (Å²) >= 11 is 0. The van der Waals surface area contributed by atoms with Crippen LogP contribution >= 0.6 is 0 Å². The number of carboxylic acids is 1. The summed E-state index contributed by atoms with van der Waals surface area (Å²) in [6.45, 7) is 0. The van der Waals surface area contributed by atoms with Crippen LogP contribution in [0.2, 0.25) is 0 Å². The van der Waals surface area contributed by atoms with Crippen LogP contribution in [0.4, 0.5) is 4.39 Å². The zero-order chi connectivity index (χ0) is 12.4. The topological polar surface area (TPSA) is 70.4 Å². The third kappa shape index (κ3) is 2.08. The highest BCUT2D eigenvalue weighted by atomic mass is 19.1. The Hall–Kier alpha value is -2.43. The number of pyridine rings is 1. The molecule has 0 radical (unpaired) electrons. The quantitative estimate of drug-likeness (QED) is 0.834. The van der Waals surface area contributed by atoms with Crippen LogP contribution in [0.3, 0.4) is 0 Å². The van der Waals surface area contributed by atoms with Gasteiger partial charge < -0.3 is 10.2 Å². The van der Waals surface area contributed by atoms with Crippen LogP contribution in [0.25, 0.3) is 11.1 Å². The number of halogens is 1. The second-order valence-electron chi connectivity index (χ2n) is 3.39. The van der Waals surface area contributed by atoms with E-state index in [1.54, 1.807) is 0 Å². The van der Waals surface area contributed by atoms with Gasteiger partial charge in [0.05, 0.1) is 5.56 Å². The molecule has 0 saturated carbocycles. The van der Waals surface area contributed by atoms with Crippen LogP contribution in [0.5, 0.6) is 5.75 Å². The summed E-state index contributed by atoms with van der Waals surface area (Å²) < 4.78 is 13.1. The monoisotopic (exact) mass is 233 g/mol. The highest BCUT2D eigenvalue weighted by molar-refractivity contribution is 5.96. The van der Waals surface area contributed by atoms with Gasteiger partial charge in [0.15, 0.2) is 0 Å². The van der Waals surface area contributed by atoms with Crippen molar-refractivity contribution < 1.29 is 19.4 Å². The number of aromatic carboxylic acids is 1. The number of nitrogens with zero attached hydrogens (tertiary/aromatic N) is 1. The molecule has 2 aromatic rings. The Labute approximate surface area is 96.0 Å². The Morgan fingerprint density at radius 3 is 2.71 bits per heavy atom. The number of hydrogen-bond donors (Lipinski definition) is 2. The number of carbonyl (C=O) groups is 1. The minimum Gasteiger partial charge on any atom is -0.507 e. The molecule has 2 rings (SSSR count). The lowest BCUT2D eigenvalue weighted by molar-refractivity contribution is 0.0697. The van der Waals surface area contributed by atoms with Crippen molar-refractivity contribution in [2.24, 2.45) is 0 Å². The average molecular weight is 233 g/mol. The summed E-state index contributed by atoms with van der Waals surface area (Å²) in [5.74, 6) is -1.91. The second-order valence-corrected chi connectivity index (χ2v) is 3.39. The fourth-order valence-corrected chi connectivity index (χ4v) is 1.52. The maximum atomic E-state index is 13.1. The lowest BCUT2D eigenvalue weighted by atomic mass is 10.0. The number of benzene rings is 1. The molecule has 0 spiro atoms. The predicted octanol–water partition coefficient (Wildman–Crippen LogP) is 2.29. The summed E-state index contributed by atoms with van der Waals surface area (Å²) in [4.78, 5) is 14.7. The van der Waals surface area contributed by atoms with Gasteiger partial charge >= 0.3 is 5.97 Å². The van der Waals surface area contributed by atoms with Gasteiger partial charge in [-0.05, 0) is 24.3 Å². The minimum atomic E-state index is -1.18. The van der Waals surface area contributed by atoms with Gasteiger partial charge in [0.25, 0.3) is 0 Å². The summed E-state index contributed by atoms with van der Waals surface area (Å²) in [6.07, 6.45) is 2.54. The Kier molecular flexibility index (Phi) is 2.74. The number of carboxylic acid groups (broad SMARTS) is 1. The van der Waals surface area contributed by atoms with Crippen molar-refractivity contribution in [1.82, 2.24) is 4.98 Å². The molecule has 4 nitrogen and oxygen atoms in total. The van der Waals surface area contributed by atoms with E-state index in [0.717, 1.165) is 18.3 Å². The van der Waals surface area contributed by atoms with Gasteiger partial charge in [0.2, 0.25) is 0 Å². The standard InChI is InChI=1S/C12H8FNO3/c13-7-1-2-11(15)9(5-7)8-3-4-14-6-10(8)12(16)17/h1-6,15H,(H,16,17). The number of rotatable bonds is 2. The molecule has 0 unspecified atom stereocenters. The van der Waals surface area contributed by atoms with Gasteiger partial charge in [0.1, 0.15) is 11.6 Å². The van der Waals surface area contributed by atoms with E-state index in [9.17, 15) is 14.3 Å². The fourth-order valence-electron chi connectivity index (χ4n) is 1.52. The Morgan fingerprint density at radius 2 is 2.00 bits per heavy atom. The Morgan fingerprint density at radius 1 is 1.24 bits per heavy atom. The van der Waals surface area contributed by atoms with Gasteiger partial charge in [-0.15, -0.1) is 0 Å². The van der Waals surface area contributed by atoms with E-state index in [1.165, 1.54) is 18.3 Å². The molecule has 17 heavy (non-hydrogen) atoms. The minimum absolute atomic E-state index is 0.0894. The van der Waals surface area contributed by atoms with E-state index in [0.29, 0.717) is 0 Å². The molecule has 0 aliphatic heterocycles. The first-order chi connectivity index (χ1) is 8.09. The van der Waals surface area contributed by atoms with E-state index >= 15 is 0 Å². The first kappa shape index (κ1) is 11.1. The zero-order valence-electron chi connectivity index (χ0n) is 8.59. The molecular formula is C12H8FNO3. The van der Waals surface area contributed by atoms with Crippen molar-refractivity contribution in [2.75, 3.05) is 0 Å². The van der Waals surface area contributed by atoms with Gasteiger partial charge in [-0.25, -0.2) is 9.18 Å². The number of aromatic hydroxyl groups is 1. The molecule has 2 N–H and O–H groups in total. The highest BCUT2D eigenvalue weighted by Gasteiger charge is 2.14.